The maximum Gasteiger partial charge on any atom is 0.336 e. The van der Waals surface area contributed by atoms with Gasteiger partial charge in [0.2, 0.25) is 0 Å². The summed E-state index contributed by atoms with van der Waals surface area (Å²) in [5, 5.41) is 50.9. The van der Waals surface area contributed by atoms with Gasteiger partial charge in [-0.05, 0) is 57.9 Å². The van der Waals surface area contributed by atoms with E-state index in [2.05, 4.69) is 0 Å². The Kier molecular flexibility index (Phi) is 9.05. The van der Waals surface area contributed by atoms with Crippen molar-refractivity contribution in [3.05, 3.63) is 52.4 Å². The number of hydrogen-bond acceptors (Lipinski definition) is 10. The van der Waals surface area contributed by atoms with Crippen LogP contribution in [0.25, 0.3) is 11.0 Å². The molecule has 1 aliphatic rings. The minimum Gasteiger partial charge on any atom is -0.489 e. The molecule has 3 rings (SSSR count). The molecule has 0 amide bonds. The van der Waals surface area contributed by atoms with Crippen molar-refractivity contribution in [1.29, 1.82) is 0 Å². The molecule has 1 fully saturated rings. The summed E-state index contributed by atoms with van der Waals surface area (Å²) in [5.74, 6) is 0.552. The number of ether oxygens (including phenoxy) is 3. The maximum atomic E-state index is 11.4. The number of fused-ring (bicyclic) bond motifs is 1. The molecule has 1 saturated heterocycles. The summed E-state index contributed by atoms with van der Waals surface area (Å²) in [7, 11) is 0. The average molecular weight is 495 g/mol. The fourth-order valence-corrected chi connectivity index (χ4v) is 3.80. The number of rotatable bonds is 10. The van der Waals surface area contributed by atoms with Gasteiger partial charge in [0.25, 0.3) is 0 Å². The first-order valence-electron chi connectivity index (χ1n) is 11.5. The van der Waals surface area contributed by atoms with Gasteiger partial charge in [0.1, 0.15) is 42.4 Å². The lowest BCUT2D eigenvalue weighted by Gasteiger charge is -2.42. The van der Waals surface area contributed by atoms with Gasteiger partial charge in [0.15, 0.2) is 6.29 Å². The predicted octanol–water partition coefficient (Wildman–Crippen LogP) is 0.854. The quantitative estimate of drug-likeness (QED) is 0.237. The molecule has 194 valence electrons. The Labute approximate surface area is 203 Å². The molecule has 35 heavy (non-hydrogen) atoms. The van der Waals surface area contributed by atoms with Gasteiger partial charge in [-0.25, -0.2) is 4.79 Å². The van der Waals surface area contributed by atoms with Gasteiger partial charge in [0.05, 0.1) is 18.3 Å². The van der Waals surface area contributed by atoms with Crippen molar-refractivity contribution in [3.63, 3.8) is 0 Å². The van der Waals surface area contributed by atoms with Gasteiger partial charge in [-0.2, -0.15) is 0 Å². The second-order valence-corrected chi connectivity index (χ2v) is 9.33. The first-order valence-corrected chi connectivity index (χ1v) is 11.5. The van der Waals surface area contributed by atoms with Crippen LogP contribution in [0.15, 0.2) is 51.2 Å². The van der Waals surface area contributed by atoms with Crippen molar-refractivity contribution < 1.29 is 44.2 Å². The van der Waals surface area contributed by atoms with Gasteiger partial charge in [-0.1, -0.05) is 5.57 Å². The van der Waals surface area contributed by atoms with Crippen LogP contribution in [0.5, 0.6) is 5.75 Å². The fraction of sp³-hybridized carbons (Fsp3) is 0.560. The van der Waals surface area contributed by atoms with E-state index in [1.54, 1.807) is 38.1 Å². The summed E-state index contributed by atoms with van der Waals surface area (Å²) in [5.41, 5.74) is -0.333. The van der Waals surface area contributed by atoms with Crippen LogP contribution in [0.4, 0.5) is 0 Å². The highest BCUT2D eigenvalue weighted by Gasteiger charge is 2.46. The van der Waals surface area contributed by atoms with Crippen LogP contribution in [0, 0.1) is 0 Å². The Hall–Kier alpha value is -2.31. The lowest BCUT2D eigenvalue weighted by Crippen LogP contribution is -2.60. The van der Waals surface area contributed by atoms with E-state index in [1.165, 1.54) is 6.07 Å². The standard InChI is InChI=1S/C25H34O10/c1-14(10-11-32-16-7-5-15-6-9-20(27)33-17(15)12-16)4-8-19(25(2,3)31)35-24-23(30)22(29)21(28)18(13-26)34-24/h5-7,9-10,12,18-19,21-24,26,28-31H,4,8,11,13H2,1-3H3/t18-,19?,21-,22+,23-,24+/m1/s1. The number of benzene rings is 1. The highest BCUT2D eigenvalue weighted by Crippen LogP contribution is 2.28. The maximum absolute atomic E-state index is 11.4. The van der Waals surface area contributed by atoms with E-state index in [-0.39, 0.29) is 6.61 Å². The van der Waals surface area contributed by atoms with Gasteiger partial charge >= 0.3 is 5.63 Å². The minimum atomic E-state index is -1.56. The van der Waals surface area contributed by atoms with Crippen molar-refractivity contribution in [2.45, 2.75) is 76.0 Å². The summed E-state index contributed by atoms with van der Waals surface area (Å²) in [4.78, 5) is 11.4. The molecule has 2 aromatic rings. The molecule has 10 heteroatoms. The molecule has 0 bridgehead atoms. The first kappa shape index (κ1) is 27.3. The minimum absolute atomic E-state index is 0.273. The third-order valence-corrected chi connectivity index (χ3v) is 6.01. The molecule has 0 spiro atoms. The molecule has 5 N–H and O–H groups in total. The zero-order chi connectivity index (χ0) is 25.8. The Morgan fingerprint density at radius 1 is 1.14 bits per heavy atom. The normalized spacial score (nSPS) is 26.6. The van der Waals surface area contributed by atoms with E-state index in [4.69, 9.17) is 18.6 Å². The average Bonchev–Trinajstić information content (AvgIpc) is 2.80. The lowest BCUT2D eigenvalue weighted by molar-refractivity contribution is -0.322. The smallest absolute Gasteiger partial charge is 0.336 e. The van der Waals surface area contributed by atoms with E-state index in [0.717, 1.165) is 11.0 Å². The highest BCUT2D eigenvalue weighted by molar-refractivity contribution is 5.77. The Morgan fingerprint density at radius 2 is 1.86 bits per heavy atom. The zero-order valence-electron chi connectivity index (χ0n) is 20.0. The van der Waals surface area contributed by atoms with Crippen molar-refractivity contribution in [1.82, 2.24) is 0 Å². The van der Waals surface area contributed by atoms with E-state index < -0.39 is 54.6 Å². The van der Waals surface area contributed by atoms with Gasteiger partial charge in [-0.3, -0.25) is 0 Å². The molecule has 0 saturated carbocycles. The third-order valence-electron chi connectivity index (χ3n) is 6.01. The van der Waals surface area contributed by atoms with E-state index in [0.29, 0.717) is 24.2 Å². The van der Waals surface area contributed by atoms with Crippen LogP contribution >= 0.6 is 0 Å². The molecule has 0 aliphatic carbocycles. The summed E-state index contributed by atoms with van der Waals surface area (Å²) in [6, 6.07) is 8.27. The summed E-state index contributed by atoms with van der Waals surface area (Å²) in [6.07, 6.45) is -5.03. The molecule has 1 aliphatic heterocycles. The van der Waals surface area contributed by atoms with Gasteiger partial charge in [0, 0.05) is 17.5 Å². The number of hydrogen-bond donors (Lipinski definition) is 5. The summed E-state index contributed by atoms with van der Waals surface area (Å²) >= 11 is 0. The predicted molar refractivity (Wildman–Crippen MR) is 126 cm³/mol. The van der Waals surface area contributed by atoms with E-state index in [9.17, 15) is 30.3 Å². The molecule has 10 nitrogen and oxygen atoms in total. The monoisotopic (exact) mass is 494 g/mol. The topological polar surface area (TPSA) is 159 Å². The van der Waals surface area contributed by atoms with Crippen LogP contribution in [-0.4, -0.2) is 81.2 Å². The number of aliphatic hydroxyl groups excluding tert-OH is 4. The molecule has 0 radical (unpaired) electrons. The van der Waals surface area contributed by atoms with Crippen LogP contribution in [-0.2, 0) is 9.47 Å². The highest BCUT2D eigenvalue weighted by atomic mass is 16.7. The second kappa shape index (κ2) is 11.6. The molecule has 2 heterocycles. The fourth-order valence-electron chi connectivity index (χ4n) is 3.80. The van der Waals surface area contributed by atoms with Crippen molar-refractivity contribution in [2.24, 2.45) is 0 Å². The van der Waals surface area contributed by atoms with E-state index in [1.807, 2.05) is 13.0 Å². The Balaban J connectivity index is 1.57. The van der Waals surface area contributed by atoms with Gasteiger partial charge < -0.3 is 44.2 Å². The molecule has 1 unspecified atom stereocenters. The molecular weight excluding hydrogens is 460 g/mol. The molecule has 6 atom stereocenters. The van der Waals surface area contributed by atoms with Crippen LogP contribution in [0.3, 0.4) is 0 Å². The summed E-state index contributed by atoms with van der Waals surface area (Å²) < 4.78 is 22.1. The number of allylic oxidation sites excluding steroid dienone is 1. The lowest BCUT2D eigenvalue weighted by atomic mass is 9.94. The Morgan fingerprint density at radius 3 is 2.54 bits per heavy atom. The third kappa shape index (κ3) is 7.11. The largest absolute Gasteiger partial charge is 0.489 e. The second-order valence-electron chi connectivity index (χ2n) is 9.33. The van der Waals surface area contributed by atoms with Crippen molar-refractivity contribution >= 4 is 11.0 Å². The first-order chi connectivity index (χ1) is 16.5. The van der Waals surface area contributed by atoms with Crippen LogP contribution in [0.2, 0.25) is 0 Å². The Bertz CT molecular complexity index is 1050. The molecule has 1 aromatic heterocycles. The zero-order valence-corrected chi connectivity index (χ0v) is 20.0. The van der Waals surface area contributed by atoms with Crippen LogP contribution in [0.1, 0.15) is 33.6 Å². The van der Waals surface area contributed by atoms with Gasteiger partial charge in [-0.15, -0.1) is 0 Å². The number of aliphatic hydroxyl groups is 5. The SMILES string of the molecule is CC(=CCOc1ccc2ccc(=O)oc2c1)CCC(O[C@@H]1O[C@H](CO)[C@@H](O)[C@H](O)[C@H]1O)C(C)(C)O. The van der Waals surface area contributed by atoms with Crippen molar-refractivity contribution in [3.8, 4) is 5.75 Å². The van der Waals surface area contributed by atoms with Crippen LogP contribution < -0.4 is 10.4 Å². The molecular formula is C25H34O10. The van der Waals surface area contributed by atoms with E-state index >= 15 is 0 Å². The molecule has 1 aromatic carbocycles. The summed E-state index contributed by atoms with van der Waals surface area (Å²) in [6.45, 7) is 4.72. The van der Waals surface area contributed by atoms with Crippen molar-refractivity contribution in [2.75, 3.05) is 13.2 Å².